The Kier molecular flexibility index (Phi) is 5.48. The Labute approximate surface area is 184 Å². The number of piperidine rings is 1. The standard InChI is InChI=1S/C23H23N3O2S2/c27-21(11-14-26-18-6-2-4-8-20(18)29-15-22(26)28)25-12-9-16(10-13-25)23-24-17-5-1-3-7-19(17)30-23/h1-8,16H,9-15H2. The van der Waals surface area contributed by atoms with Crippen molar-refractivity contribution >= 4 is 50.8 Å². The molecule has 3 aromatic rings. The summed E-state index contributed by atoms with van der Waals surface area (Å²) in [5.74, 6) is 1.10. The monoisotopic (exact) mass is 437 g/mol. The van der Waals surface area contributed by atoms with Gasteiger partial charge in [-0.05, 0) is 37.1 Å². The third-order valence-electron chi connectivity index (χ3n) is 5.86. The zero-order chi connectivity index (χ0) is 20.5. The Hall–Kier alpha value is -2.38. The van der Waals surface area contributed by atoms with Crippen molar-refractivity contribution in [1.82, 2.24) is 9.88 Å². The molecule has 1 saturated heterocycles. The number of para-hydroxylation sites is 2. The molecule has 5 nitrogen and oxygen atoms in total. The molecule has 2 aliphatic heterocycles. The molecule has 2 aliphatic rings. The fraction of sp³-hybridized carbons (Fsp3) is 0.348. The van der Waals surface area contributed by atoms with Crippen LogP contribution in [0.15, 0.2) is 53.4 Å². The van der Waals surface area contributed by atoms with Gasteiger partial charge in [0, 0.05) is 36.9 Å². The molecule has 0 radical (unpaired) electrons. The number of nitrogens with zero attached hydrogens (tertiary/aromatic N) is 3. The van der Waals surface area contributed by atoms with Gasteiger partial charge in [0.25, 0.3) is 0 Å². The lowest BCUT2D eigenvalue weighted by Gasteiger charge is -2.33. The number of thioether (sulfide) groups is 1. The summed E-state index contributed by atoms with van der Waals surface area (Å²) < 4.78 is 1.23. The van der Waals surface area contributed by atoms with Crippen LogP contribution < -0.4 is 4.90 Å². The van der Waals surface area contributed by atoms with Crippen LogP contribution in [0.4, 0.5) is 5.69 Å². The van der Waals surface area contributed by atoms with Crippen molar-refractivity contribution < 1.29 is 9.59 Å². The molecule has 0 N–H and O–H groups in total. The van der Waals surface area contributed by atoms with Gasteiger partial charge in [0.05, 0.1) is 26.7 Å². The van der Waals surface area contributed by atoms with Gasteiger partial charge in [0.15, 0.2) is 0 Å². The molecule has 7 heteroatoms. The lowest BCUT2D eigenvalue weighted by molar-refractivity contribution is -0.132. The lowest BCUT2D eigenvalue weighted by atomic mass is 9.97. The molecule has 0 saturated carbocycles. The Morgan fingerprint density at radius 3 is 2.67 bits per heavy atom. The van der Waals surface area contributed by atoms with Crippen LogP contribution in [0.25, 0.3) is 10.2 Å². The van der Waals surface area contributed by atoms with Gasteiger partial charge in [-0.3, -0.25) is 9.59 Å². The zero-order valence-electron chi connectivity index (χ0n) is 16.6. The number of hydrogen-bond acceptors (Lipinski definition) is 5. The molecular formula is C23H23N3O2S2. The van der Waals surface area contributed by atoms with Crippen molar-refractivity contribution in [2.75, 3.05) is 30.3 Å². The highest BCUT2D eigenvalue weighted by molar-refractivity contribution is 8.00. The quantitative estimate of drug-likeness (QED) is 0.602. The van der Waals surface area contributed by atoms with E-state index in [-0.39, 0.29) is 11.8 Å². The largest absolute Gasteiger partial charge is 0.343 e. The van der Waals surface area contributed by atoms with E-state index >= 15 is 0 Å². The zero-order valence-corrected chi connectivity index (χ0v) is 18.3. The van der Waals surface area contributed by atoms with Gasteiger partial charge in [-0.1, -0.05) is 24.3 Å². The number of hydrogen-bond donors (Lipinski definition) is 0. The second-order valence-electron chi connectivity index (χ2n) is 7.73. The molecule has 5 rings (SSSR count). The van der Waals surface area contributed by atoms with Crippen molar-refractivity contribution in [2.24, 2.45) is 0 Å². The number of carbonyl (C=O) groups is 2. The van der Waals surface area contributed by atoms with Crippen molar-refractivity contribution in [3.63, 3.8) is 0 Å². The predicted octanol–water partition coefficient (Wildman–Crippen LogP) is 4.53. The topological polar surface area (TPSA) is 53.5 Å². The molecule has 0 unspecified atom stereocenters. The lowest BCUT2D eigenvalue weighted by Crippen LogP contribution is -2.42. The van der Waals surface area contributed by atoms with E-state index in [1.807, 2.05) is 35.2 Å². The van der Waals surface area contributed by atoms with Gasteiger partial charge in [-0.2, -0.15) is 0 Å². The van der Waals surface area contributed by atoms with Gasteiger partial charge < -0.3 is 9.80 Å². The van der Waals surface area contributed by atoms with Crippen LogP contribution in [0.5, 0.6) is 0 Å². The molecule has 2 aromatic carbocycles. The Morgan fingerprint density at radius 2 is 1.83 bits per heavy atom. The Balaban J connectivity index is 1.18. The maximum atomic E-state index is 12.8. The van der Waals surface area contributed by atoms with Gasteiger partial charge in [-0.15, -0.1) is 23.1 Å². The first-order valence-electron chi connectivity index (χ1n) is 10.3. The van der Waals surface area contributed by atoms with Gasteiger partial charge in [-0.25, -0.2) is 4.98 Å². The normalized spacial score (nSPS) is 17.4. The SMILES string of the molecule is O=C(CCN1C(=O)CSc2ccccc21)N1CCC(c2nc3ccccc3s2)CC1. The number of carbonyl (C=O) groups excluding carboxylic acids is 2. The molecule has 0 aliphatic carbocycles. The van der Waals surface area contributed by atoms with E-state index in [2.05, 4.69) is 18.2 Å². The van der Waals surface area contributed by atoms with Gasteiger partial charge >= 0.3 is 0 Å². The molecular weight excluding hydrogens is 414 g/mol. The Bertz CT molecular complexity index is 1060. The summed E-state index contributed by atoms with van der Waals surface area (Å²) in [4.78, 5) is 34.9. The number of rotatable bonds is 4. The summed E-state index contributed by atoms with van der Waals surface area (Å²) in [6.07, 6.45) is 2.28. The van der Waals surface area contributed by atoms with Crippen LogP contribution in [0, 0.1) is 0 Å². The maximum absolute atomic E-state index is 12.8. The minimum absolute atomic E-state index is 0.0843. The number of anilines is 1. The van der Waals surface area contributed by atoms with Gasteiger partial charge in [0.1, 0.15) is 0 Å². The highest BCUT2D eigenvalue weighted by Gasteiger charge is 2.28. The summed E-state index contributed by atoms with van der Waals surface area (Å²) in [5, 5.41) is 1.19. The van der Waals surface area contributed by atoms with Gasteiger partial charge in [0.2, 0.25) is 11.8 Å². The molecule has 0 spiro atoms. The molecule has 3 heterocycles. The fourth-order valence-electron chi connectivity index (χ4n) is 4.21. The van der Waals surface area contributed by atoms with E-state index in [4.69, 9.17) is 4.98 Å². The predicted molar refractivity (Wildman–Crippen MR) is 122 cm³/mol. The fourth-order valence-corrected chi connectivity index (χ4v) is 6.28. The molecule has 1 aromatic heterocycles. The highest BCUT2D eigenvalue weighted by Crippen LogP contribution is 2.36. The average molecular weight is 438 g/mol. The van der Waals surface area contributed by atoms with E-state index in [9.17, 15) is 9.59 Å². The van der Waals surface area contributed by atoms with E-state index in [0.29, 0.717) is 24.6 Å². The smallest absolute Gasteiger partial charge is 0.237 e. The number of amides is 2. The molecule has 0 atom stereocenters. The third kappa shape index (κ3) is 3.84. The highest BCUT2D eigenvalue weighted by atomic mass is 32.2. The summed E-state index contributed by atoms with van der Waals surface area (Å²) in [6, 6.07) is 16.2. The first-order valence-corrected chi connectivity index (χ1v) is 12.1. The second kappa shape index (κ2) is 8.40. The number of thiazole rings is 1. The number of aromatic nitrogens is 1. The Morgan fingerprint density at radius 1 is 1.07 bits per heavy atom. The molecule has 30 heavy (non-hydrogen) atoms. The van der Waals surface area contributed by atoms with E-state index in [1.165, 1.54) is 9.71 Å². The van der Waals surface area contributed by atoms with E-state index in [1.54, 1.807) is 28.0 Å². The summed E-state index contributed by atoms with van der Waals surface area (Å²) >= 11 is 3.35. The number of benzene rings is 2. The maximum Gasteiger partial charge on any atom is 0.237 e. The first-order chi connectivity index (χ1) is 14.7. The number of fused-ring (bicyclic) bond motifs is 2. The van der Waals surface area contributed by atoms with Crippen LogP contribution >= 0.6 is 23.1 Å². The summed E-state index contributed by atoms with van der Waals surface area (Å²) in [6.45, 7) is 1.98. The molecule has 0 bridgehead atoms. The van der Waals surface area contributed by atoms with Crippen LogP contribution in [-0.2, 0) is 9.59 Å². The minimum Gasteiger partial charge on any atom is -0.343 e. The van der Waals surface area contributed by atoms with E-state index < -0.39 is 0 Å². The van der Waals surface area contributed by atoms with Crippen molar-refractivity contribution in [1.29, 1.82) is 0 Å². The van der Waals surface area contributed by atoms with Crippen LogP contribution in [-0.4, -0.2) is 47.1 Å². The average Bonchev–Trinajstić information content (AvgIpc) is 3.23. The molecule has 154 valence electrons. The van der Waals surface area contributed by atoms with Crippen molar-refractivity contribution in [2.45, 2.75) is 30.1 Å². The van der Waals surface area contributed by atoms with Crippen LogP contribution in [0.2, 0.25) is 0 Å². The molecule has 2 amide bonds. The number of likely N-dealkylation sites (tertiary alicyclic amines) is 1. The van der Waals surface area contributed by atoms with E-state index in [0.717, 1.165) is 42.0 Å². The minimum atomic E-state index is 0.0843. The van der Waals surface area contributed by atoms with Crippen LogP contribution in [0.1, 0.15) is 30.2 Å². The third-order valence-corrected chi connectivity index (χ3v) is 8.11. The van der Waals surface area contributed by atoms with Crippen LogP contribution in [0.3, 0.4) is 0 Å². The van der Waals surface area contributed by atoms with Crippen molar-refractivity contribution in [3.05, 3.63) is 53.5 Å². The summed E-state index contributed by atoms with van der Waals surface area (Å²) in [5.41, 5.74) is 2.00. The second-order valence-corrected chi connectivity index (χ2v) is 9.81. The van der Waals surface area contributed by atoms with Crippen molar-refractivity contribution in [3.8, 4) is 0 Å². The summed E-state index contributed by atoms with van der Waals surface area (Å²) in [7, 11) is 0. The first kappa shape index (κ1) is 19.6. The molecule has 1 fully saturated rings.